The van der Waals surface area contributed by atoms with E-state index < -0.39 is 0 Å². The molecular formula is C8H13N2+. The molecule has 2 nitrogen and oxygen atoms in total. The summed E-state index contributed by atoms with van der Waals surface area (Å²) < 4.78 is 0.875. The van der Waals surface area contributed by atoms with Crippen molar-refractivity contribution in [1.29, 1.82) is 0 Å². The Hall–Kier alpha value is -0.630. The van der Waals surface area contributed by atoms with Crippen LogP contribution < -0.4 is 0 Å². The van der Waals surface area contributed by atoms with Gasteiger partial charge in [0.25, 0.3) is 0 Å². The molecule has 0 bridgehead atoms. The first-order valence-electron chi connectivity index (χ1n) is 3.98. The quantitative estimate of drug-likeness (QED) is 0.511. The zero-order valence-corrected chi connectivity index (χ0v) is 6.33. The normalized spacial score (nSPS) is 37.3. The molecule has 0 aromatic rings. The molecule has 0 spiro atoms. The Labute approximate surface area is 61.4 Å². The number of rotatable bonds is 2. The van der Waals surface area contributed by atoms with Crippen LogP contribution in [0.15, 0.2) is 17.4 Å². The fourth-order valence-electron chi connectivity index (χ4n) is 1.57. The van der Waals surface area contributed by atoms with Crippen molar-refractivity contribution >= 4 is 6.21 Å². The molecule has 1 aliphatic heterocycles. The van der Waals surface area contributed by atoms with Gasteiger partial charge in [-0.15, -0.1) is 0 Å². The van der Waals surface area contributed by atoms with Gasteiger partial charge >= 0.3 is 0 Å². The van der Waals surface area contributed by atoms with E-state index in [9.17, 15) is 0 Å². The maximum absolute atomic E-state index is 4.45. The molecule has 2 rings (SSSR count). The van der Waals surface area contributed by atoms with Crippen LogP contribution in [-0.4, -0.2) is 23.4 Å². The summed E-state index contributed by atoms with van der Waals surface area (Å²) in [7, 11) is 0. The van der Waals surface area contributed by atoms with Crippen LogP contribution in [0.1, 0.15) is 19.8 Å². The number of hydrogen-bond donors (Lipinski definition) is 0. The second-order valence-corrected chi connectivity index (χ2v) is 3.04. The Kier molecular flexibility index (Phi) is 1.17. The standard InChI is InChI=1S/C8H13N2/c1-2-10(8-4-5-8)7-3-6-9-10/h3,6-8H,2,4-5H2,1H3/q+1. The largest absolute Gasteiger partial charge is 0.170 e. The van der Waals surface area contributed by atoms with Crippen molar-refractivity contribution in [2.45, 2.75) is 25.8 Å². The maximum atomic E-state index is 4.45. The molecular weight excluding hydrogens is 124 g/mol. The van der Waals surface area contributed by atoms with E-state index in [4.69, 9.17) is 0 Å². The predicted octanol–water partition coefficient (Wildman–Crippen LogP) is 1.50. The molecule has 2 heteroatoms. The molecule has 1 fully saturated rings. The van der Waals surface area contributed by atoms with Crippen molar-refractivity contribution < 1.29 is 4.59 Å². The third kappa shape index (κ3) is 0.721. The van der Waals surface area contributed by atoms with E-state index in [2.05, 4.69) is 24.3 Å². The van der Waals surface area contributed by atoms with Gasteiger partial charge in [0.2, 0.25) is 0 Å². The topological polar surface area (TPSA) is 12.4 Å². The highest BCUT2D eigenvalue weighted by molar-refractivity contribution is 5.71. The molecule has 10 heavy (non-hydrogen) atoms. The van der Waals surface area contributed by atoms with E-state index in [0.29, 0.717) is 0 Å². The molecule has 0 saturated heterocycles. The first-order valence-corrected chi connectivity index (χ1v) is 3.98. The smallest absolute Gasteiger partial charge is 0.124 e. The Morgan fingerprint density at radius 3 is 2.80 bits per heavy atom. The van der Waals surface area contributed by atoms with Gasteiger partial charge in [0.1, 0.15) is 18.8 Å². The number of allylic oxidation sites excluding steroid dienone is 1. The van der Waals surface area contributed by atoms with Crippen LogP contribution in [0, 0.1) is 0 Å². The summed E-state index contributed by atoms with van der Waals surface area (Å²) >= 11 is 0. The van der Waals surface area contributed by atoms with Crippen molar-refractivity contribution in [3.8, 4) is 0 Å². The van der Waals surface area contributed by atoms with Crippen molar-refractivity contribution in [2.24, 2.45) is 5.10 Å². The molecule has 0 amide bonds. The molecule has 0 aromatic heterocycles. The monoisotopic (exact) mass is 137 g/mol. The van der Waals surface area contributed by atoms with Gasteiger partial charge in [-0.25, -0.2) is 0 Å². The molecule has 0 N–H and O–H groups in total. The van der Waals surface area contributed by atoms with E-state index in [1.165, 1.54) is 12.8 Å². The SMILES string of the molecule is CC[N+]1(C2CC2)C=CC=N1. The van der Waals surface area contributed by atoms with Gasteiger partial charge in [0, 0.05) is 18.9 Å². The minimum absolute atomic E-state index is 0.806. The summed E-state index contributed by atoms with van der Waals surface area (Å²) in [5, 5.41) is 4.45. The Morgan fingerprint density at radius 1 is 1.60 bits per heavy atom. The molecule has 1 atom stereocenters. The Morgan fingerprint density at radius 2 is 2.40 bits per heavy atom. The van der Waals surface area contributed by atoms with Gasteiger partial charge in [0.05, 0.1) is 6.21 Å². The molecule has 54 valence electrons. The summed E-state index contributed by atoms with van der Waals surface area (Å²) in [5.41, 5.74) is 0. The lowest BCUT2D eigenvalue weighted by molar-refractivity contribution is -0.892. The van der Waals surface area contributed by atoms with Crippen LogP contribution in [-0.2, 0) is 0 Å². The molecule has 0 radical (unpaired) electrons. The average Bonchev–Trinajstić information content (AvgIpc) is 2.71. The second-order valence-electron chi connectivity index (χ2n) is 3.04. The molecule has 1 aliphatic carbocycles. The predicted molar refractivity (Wildman–Crippen MR) is 41.5 cm³/mol. The highest BCUT2D eigenvalue weighted by atomic mass is 15.6. The van der Waals surface area contributed by atoms with Crippen LogP contribution >= 0.6 is 0 Å². The van der Waals surface area contributed by atoms with Gasteiger partial charge in [-0.1, -0.05) is 5.10 Å². The number of quaternary nitrogens is 1. The van der Waals surface area contributed by atoms with Crippen LogP contribution in [0.3, 0.4) is 0 Å². The van der Waals surface area contributed by atoms with Gasteiger partial charge in [-0.05, 0) is 6.92 Å². The molecule has 2 aliphatic rings. The first kappa shape index (κ1) is 6.10. The fraction of sp³-hybridized carbons (Fsp3) is 0.625. The lowest BCUT2D eigenvalue weighted by Gasteiger charge is -2.23. The molecule has 0 aromatic carbocycles. The second kappa shape index (κ2) is 1.92. The summed E-state index contributed by atoms with van der Waals surface area (Å²) in [6.45, 7) is 3.31. The van der Waals surface area contributed by atoms with E-state index >= 15 is 0 Å². The highest BCUT2D eigenvalue weighted by Gasteiger charge is 2.44. The fourth-order valence-corrected chi connectivity index (χ4v) is 1.57. The van der Waals surface area contributed by atoms with E-state index in [0.717, 1.165) is 17.2 Å². The van der Waals surface area contributed by atoms with Crippen molar-refractivity contribution in [2.75, 3.05) is 6.54 Å². The molecule has 1 unspecified atom stereocenters. The van der Waals surface area contributed by atoms with Crippen molar-refractivity contribution in [3.05, 3.63) is 12.3 Å². The minimum Gasteiger partial charge on any atom is -0.170 e. The third-order valence-corrected chi connectivity index (χ3v) is 2.40. The van der Waals surface area contributed by atoms with E-state index in [-0.39, 0.29) is 0 Å². The lowest BCUT2D eigenvalue weighted by atomic mass is 10.5. The third-order valence-electron chi connectivity index (χ3n) is 2.40. The zero-order chi connectivity index (χ0) is 7.03. The summed E-state index contributed by atoms with van der Waals surface area (Å²) in [6.07, 6.45) is 8.90. The number of hydrogen-bond acceptors (Lipinski definition) is 1. The Balaban J connectivity index is 2.21. The van der Waals surface area contributed by atoms with Crippen LogP contribution in [0.25, 0.3) is 0 Å². The van der Waals surface area contributed by atoms with Gasteiger partial charge in [-0.3, -0.25) is 0 Å². The zero-order valence-electron chi connectivity index (χ0n) is 6.33. The van der Waals surface area contributed by atoms with Gasteiger partial charge in [0.15, 0.2) is 0 Å². The van der Waals surface area contributed by atoms with Crippen LogP contribution in [0.4, 0.5) is 0 Å². The highest BCUT2D eigenvalue weighted by Crippen LogP contribution is 2.35. The summed E-state index contributed by atoms with van der Waals surface area (Å²) in [6, 6.07) is 0.806. The lowest BCUT2D eigenvalue weighted by Crippen LogP contribution is -2.37. The maximum Gasteiger partial charge on any atom is 0.124 e. The minimum atomic E-state index is 0.806. The van der Waals surface area contributed by atoms with E-state index in [1.807, 2.05) is 6.21 Å². The van der Waals surface area contributed by atoms with Gasteiger partial charge < -0.3 is 0 Å². The van der Waals surface area contributed by atoms with Crippen molar-refractivity contribution in [1.82, 2.24) is 0 Å². The molecule has 1 saturated carbocycles. The summed E-state index contributed by atoms with van der Waals surface area (Å²) in [5.74, 6) is 0. The summed E-state index contributed by atoms with van der Waals surface area (Å²) in [4.78, 5) is 0. The number of nitrogens with zero attached hydrogens (tertiary/aromatic N) is 2. The first-order chi connectivity index (χ1) is 4.87. The van der Waals surface area contributed by atoms with Crippen LogP contribution in [0.5, 0.6) is 0 Å². The van der Waals surface area contributed by atoms with E-state index in [1.54, 1.807) is 0 Å². The van der Waals surface area contributed by atoms with Crippen LogP contribution in [0.2, 0.25) is 0 Å². The Bertz CT molecular complexity index is 177. The van der Waals surface area contributed by atoms with Crippen molar-refractivity contribution in [3.63, 3.8) is 0 Å². The van der Waals surface area contributed by atoms with Gasteiger partial charge in [-0.2, -0.15) is 4.59 Å². The average molecular weight is 137 g/mol. The molecule has 1 heterocycles.